The van der Waals surface area contributed by atoms with Crippen molar-refractivity contribution in [3.63, 3.8) is 0 Å². The van der Waals surface area contributed by atoms with Crippen LogP contribution in [0.25, 0.3) is 0 Å². The van der Waals surface area contributed by atoms with Gasteiger partial charge in [-0.05, 0) is 158 Å². The lowest BCUT2D eigenvalue weighted by Gasteiger charge is -2.01. The Balaban J connectivity index is 0.000000188. The molecule has 8 heteroatoms. The van der Waals surface area contributed by atoms with Crippen LogP contribution in [0.1, 0.15) is 146 Å². The van der Waals surface area contributed by atoms with Crippen LogP contribution >= 0.6 is 0 Å². The Hall–Kier alpha value is -8.56. The molecule has 0 aliphatic heterocycles. The zero-order valence-corrected chi connectivity index (χ0v) is 44.0. The second-order valence-corrected chi connectivity index (χ2v) is 17.6. The predicted molar refractivity (Wildman–Crippen MR) is 301 cm³/mol. The summed E-state index contributed by atoms with van der Waals surface area (Å²) in [5, 5.41) is 0. The molecule has 4 nitrogen and oxygen atoms in total. The molecule has 384 valence electrons. The summed E-state index contributed by atoms with van der Waals surface area (Å²) in [6.07, 6.45) is 20.2. The third-order valence-corrected chi connectivity index (χ3v) is 11.5. The topological polar surface area (TPSA) is 51.6 Å². The number of unbranched alkanes of at least 4 members (excludes halogenated alkanes) is 5. The first-order valence-corrected chi connectivity index (χ1v) is 26.0. The van der Waals surface area contributed by atoms with Crippen LogP contribution in [0.4, 0.5) is 17.6 Å². The van der Waals surface area contributed by atoms with Crippen molar-refractivity contribution >= 4 is 0 Å². The van der Waals surface area contributed by atoms with E-state index in [-0.39, 0.29) is 0 Å². The second-order valence-electron chi connectivity index (χ2n) is 17.6. The Bertz CT molecular complexity index is 3180. The lowest BCUT2D eigenvalue weighted by atomic mass is 10.0. The van der Waals surface area contributed by atoms with Crippen molar-refractivity contribution in [3.8, 4) is 47.4 Å². The number of nitrogens with zero attached hydrogens (tertiary/aromatic N) is 4. The standard InChI is InChI=1S/C20H22FN.C17H16FN.C16H14FN.C15H12FN/c1-2-3-4-5-6-7-17-8-10-18(11-9-17)12-13-19-14-15-20(21)22-16-19;1-2-3-4-14-5-7-15(8-6-14)9-10-16-11-12-17(18)19-13-16;1-2-3-13-4-6-14(7-5-13)8-9-15-10-11-16(17)18-12-15;1-2-12-3-5-13(6-4-12)7-8-14-9-10-15(16)17-11-14/h8-11,14-16H,2-7H2,1H3;5-8,11-13H,2-4H2,1H3;4-7,10-12H,2-3H2,1H3;3-6,9-11H,2H2,1H3. The van der Waals surface area contributed by atoms with Gasteiger partial charge in [-0.15, -0.1) is 0 Å². The van der Waals surface area contributed by atoms with Gasteiger partial charge < -0.3 is 0 Å². The van der Waals surface area contributed by atoms with Crippen molar-refractivity contribution in [2.75, 3.05) is 0 Å². The van der Waals surface area contributed by atoms with Gasteiger partial charge in [0.15, 0.2) is 0 Å². The Labute approximate surface area is 448 Å². The molecule has 0 bridgehead atoms. The van der Waals surface area contributed by atoms with E-state index in [1.807, 2.05) is 48.5 Å². The average molecular weight is 1010 g/mol. The van der Waals surface area contributed by atoms with E-state index in [0.29, 0.717) is 11.1 Å². The molecule has 0 spiro atoms. The SMILES string of the molecule is CCCCCCCc1ccc(C#Cc2ccc(F)nc2)cc1.CCCCc1ccc(C#Cc2ccc(F)nc2)cc1.CCCc1ccc(C#Cc2ccc(F)nc2)cc1.CCc1ccc(C#Cc2ccc(F)nc2)cc1. The van der Waals surface area contributed by atoms with Gasteiger partial charge in [-0.3, -0.25) is 0 Å². The molecule has 4 heterocycles. The number of rotatable bonds is 12. The van der Waals surface area contributed by atoms with Gasteiger partial charge in [0.1, 0.15) is 0 Å². The normalized spacial score (nSPS) is 9.79. The van der Waals surface area contributed by atoms with E-state index in [2.05, 4.69) is 144 Å². The third kappa shape index (κ3) is 23.5. The zero-order chi connectivity index (χ0) is 54.0. The fraction of sp³-hybridized carbons (Fsp3) is 0.235. The van der Waals surface area contributed by atoms with Crippen molar-refractivity contribution in [1.29, 1.82) is 0 Å². The molecule has 0 aliphatic carbocycles. The minimum Gasteiger partial charge on any atom is -0.227 e. The molecule has 0 unspecified atom stereocenters. The fourth-order valence-corrected chi connectivity index (χ4v) is 7.07. The highest BCUT2D eigenvalue weighted by molar-refractivity contribution is 5.46. The lowest BCUT2D eigenvalue weighted by molar-refractivity contribution is 0.583. The number of pyridine rings is 4. The molecule has 0 N–H and O–H groups in total. The van der Waals surface area contributed by atoms with Crippen molar-refractivity contribution in [2.24, 2.45) is 0 Å². The maximum Gasteiger partial charge on any atom is 0.212 e. The van der Waals surface area contributed by atoms with Gasteiger partial charge in [0.05, 0.1) is 0 Å². The van der Waals surface area contributed by atoms with Crippen LogP contribution in [0, 0.1) is 71.2 Å². The van der Waals surface area contributed by atoms with Crippen LogP contribution in [0.3, 0.4) is 0 Å². The van der Waals surface area contributed by atoms with Crippen LogP contribution in [-0.4, -0.2) is 19.9 Å². The van der Waals surface area contributed by atoms with Gasteiger partial charge in [0, 0.05) is 69.3 Å². The molecule has 0 saturated heterocycles. The summed E-state index contributed by atoms with van der Waals surface area (Å²) in [5.41, 5.74) is 12.0. The number of hydrogen-bond acceptors (Lipinski definition) is 4. The molecular formula is C68H64F4N4. The average Bonchev–Trinajstić information content (AvgIpc) is 3.45. The Morgan fingerprint density at radius 1 is 0.263 bits per heavy atom. The molecule has 8 rings (SSSR count). The monoisotopic (exact) mass is 1010 g/mol. The molecule has 0 aliphatic rings. The summed E-state index contributed by atoms with van der Waals surface area (Å²) < 4.78 is 50.5. The molecule has 0 atom stereocenters. The van der Waals surface area contributed by atoms with Crippen molar-refractivity contribution in [1.82, 2.24) is 19.9 Å². The molecule has 0 radical (unpaired) electrons. The molecule has 0 fully saturated rings. The van der Waals surface area contributed by atoms with Crippen LogP contribution in [0.15, 0.2) is 170 Å². The first-order valence-electron chi connectivity index (χ1n) is 26.0. The summed E-state index contributed by atoms with van der Waals surface area (Å²) >= 11 is 0. The molecule has 76 heavy (non-hydrogen) atoms. The molecular weight excluding hydrogens is 949 g/mol. The highest BCUT2D eigenvalue weighted by Crippen LogP contribution is 2.12. The molecule has 0 saturated carbocycles. The maximum absolute atomic E-state index is 12.7. The van der Waals surface area contributed by atoms with Gasteiger partial charge >= 0.3 is 0 Å². The van der Waals surface area contributed by atoms with Crippen molar-refractivity contribution in [2.45, 2.75) is 105 Å². The first kappa shape index (κ1) is 58.3. The summed E-state index contributed by atoms with van der Waals surface area (Å²) in [5.74, 6) is 22.1. The van der Waals surface area contributed by atoms with Crippen molar-refractivity contribution < 1.29 is 17.6 Å². The Kier molecular flexibility index (Phi) is 26.1. The van der Waals surface area contributed by atoms with E-state index >= 15 is 0 Å². The largest absolute Gasteiger partial charge is 0.227 e. The van der Waals surface area contributed by atoms with Gasteiger partial charge in [0.25, 0.3) is 0 Å². The first-order chi connectivity index (χ1) is 37.1. The number of aromatic nitrogens is 4. The van der Waals surface area contributed by atoms with Crippen molar-refractivity contribution in [3.05, 3.63) is 261 Å². The second kappa shape index (κ2) is 34.0. The quantitative estimate of drug-likeness (QED) is 0.0530. The smallest absolute Gasteiger partial charge is 0.212 e. The van der Waals surface area contributed by atoms with E-state index in [0.717, 1.165) is 65.5 Å². The Morgan fingerprint density at radius 3 is 0.803 bits per heavy atom. The highest BCUT2D eigenvalue weighted by atomic mass is 19.1. The zero-order valence-electron chi connectivity index (χ0n) is 44.0. The predicted octanol–water partition coefficient (Wildman–Crippen LogP) is 15.9. The van der Waals surface area contributed by atoms with Gasteiger partial charge in [0.2, 0.25) is 23.8 Å². The highest BCUT2D eigenvalue weighted by Gasteiger charge is 1.98. The Morgan fingerprint density at radius 2 is 0.526 bits per heavy atom. The molecule has 8 aromatic rings. The van der Waals surface area contributed by atoms with E-state index in [1.54, 1.807) is 24.3 Å². The summed E-state index contributed by atoms with van der Waals surface area (Å²) in [6.45, 7) is 8.71. The van der Waals surface area contributed by atoms with Gasteiger partial charge in [-0.25, -0.2) is 19.9 Å². The minimum atomic E-state index is -0.483. The summed E-state index contributed by atoms with van der Waals surface area (Å²) in [7, 11) is 0. The van der Waals surface area contributed by atoms with E-state index in [9.17, 15) is 17.6 Å². The van der Waals surface area contributed by atoms with Crippen LogP contribution in [-0.2, 0) is 25.7 Å². The van der Waals surface area contributed by atoms with Gasteiger partial charge in [-0.1, -0.05) is 162 Å². The third-order valence-electron chi connectivity index (χ3n) is 11.5. The van der Waals surface area contributed by atoms with E-state index in [1.165, 1.54) is 116 Å². The fourth-order valence-electron chi connectivity index (χ4n) is 7.07. The molecule has 4 aromatic carbocycles. The summed E-state index contributed by atoms with van der Waals surface area (Å²) in [6, 6.07) is 44.7. The molecule has 4 aromatic heterocycles. The molecule has 0 amide bonds. The van der Waals surface area contributed by atoms with E-state index in [4.69, 9.17) is 0 Å². The van der Waals surface area contributed by atoms with Crippen LogP contribution in [0.2, 0.25) is 0 Å². The van der Waals surface area contributed by atoms with Gasteiger partial charge in [-0.2, -0.15) is 17.6 Å². The number of hydrogen-bond donors (Lipinski definition) is 0. The van der Waals surface area contributed by atoms with Crippen LogP contribution < -0.4 is 0 Å². The van der Waals surface area contributed by atoms with E-state index < -0.39 is 23.8 Å². The minimum absolute atomic E-state index is 0.478. The lowest BCUT2D eigenvalue weighted by Crippen LogP contribution is -1.87. The summed E-state index contributed by atoms with van der Waals surface area (Å²) in [4.78, 5) is 14.3. The van der Waals surface area contributed by atoms with Crippen LogP contribution in [0.5, 0.6) is 0 Å². The number of benzene rings is 4. The maximum atomic E-state index is 12.7. The number of halogens is 4. The number of aryl methyl sites for hydroxylation is 4.